The Hall–Kier alpha value is -1.59. The molecule has 0 spiro atoms. The number of rotatable bonds is 6. The molecule has 0 aliphatic carbocycles. The van der Waals surface area contributed by atoms with Crippen molar-refractivity contribution in [2.24, 2.45) is 0 Å². The van der Waals surface area contributed by atoms with E-state index in [0.29, 0.717) is 0 Å². The first kappa shape index (κ1) is 15.5. The maximum absolute atomic E-state index is 11.7. The van der Waals surface area contributed by atoms with Gasteiger partial charge in [0, 0.05) is 12.2 Å². The molecule has 0 aliphatic rings. The van der Waals surface area contributed by atoms with Gasteiger partial charge < -0.3 is 20.8 Å². The predicted octanol–water partition coefficient (Wildman–Crippen LogP) is 1.29. The third kappa shape index (κ3) is 4.89. The fourth-order valence-corrected chi connectivity index (χ4v) is 1.71. The van der Waals surface area contributed by atoms with E-state index in [9.17, 15) is 4.79 Å². The fraction of sp³-hybridized carbons (Fsp3) is 0.500. The molecule has 0 bridgehead atoms. The van der Waals surface area contributed by atoms with Crippen molar-refractivity contribution >= 4 is 11.7 Å². The maximum atomic E-state index is 11.7. The Labute approximate surface area is 113 Å². The third-order valence-corrected chi connectivity index (χ3v) is 2.92. The van der Waals surface area contributed by atoms with Crippen LogP contribution < -0.4 is 10.6 Å². The number of hydrogen-bond donors (Lipinski definition) is 4. The lowest BCUT2D eigenvalue weighted by molar-refractivity contribution is 0.0965. The number of aliphatic hydroxyl groups excluding tert-OH is 2. The highest BCUT2D eigenvalue weighted by atomic mass is 16.3. The van der Waals surface area contributed by atoms with Gasteiger partial charge in [0.1, 0.15) is 0 Å². The van der Waals surface area contributed by atoms with Crippen molar-refractivity contribution in [2.75, 3.05) is 18.5 Å². The van der Waals surface area contributed by atoms with Crippen LogP contribution in [0.2, 0.25) is 0 Å². The number of benzene rings is 1. The number of aryl methyl sites for hydroxylation is 2. The van der Waals surface area contributed by atoms with Gasteiger partial charge in [0.25, 0.3) is 0 Å². The second-order valence-electron chi connectivity index (χ2n) is 4.37. The standard InChI is InChI=1S/C14H22N2O3/c1-3-10-5-6-11(4-2)13(7-10)16-14(19)15-8-12(18)9-17/h5-7,12,17-18H,3-4,8-9H2,1-2H3,(H2,15,16,19). The second-order valence-corrected chi connectivity index (χ2v) is 4.37. The highest BCUT2D eigenvalue weighted by Crippen LogP contribution is 2.18. The van der Waals surface area contributed by atoms with Crippen LogP contribution in [0.15, 0.2) is 18.2 Å². The monoisotopic (exact) mass is 266 g/mol. The number of anilines is 1. The molecule has 5 heteroatoms. The van der Waals surface area contributed by atoms with E-state index in [1.54, 1.807) is 0 Å². The molecule has 0 heterocycles. The molecule has 19 heavy (non-hydrogen) atoms. The molecule has 1 unspecified atom stereocenters. The SMILES string of the molecule is CCc1ccc(CC)c(NC(=O)NCC(O)CO)c1. The van der Waals surface area contributed by atoms with Crippen molar-refractivity contribution in [3.05, 3.63) is 29.3 Å². The fourth-order valence-electron chi connectivity index (χ4n) is 1.71. The summed E-state index contributed by atoms with van der Waals surface area (Å²) in [6, 6.07) is 5.64. The summed E-state index contributed by atoms with van der Waals surface area (Å²) in [4.78, 5) is 11.7. The lowest BCUT2D eigenvalue weighted by Gasteiger charge is -2.13. The summed E-state index contributed by atoms with van der Waals surface area (Å²) in [6.45, 7) is 3.74. The number of nitrogens with one attached hydrogen (secondary N) is 2. The summed E-state index contributed by atoms with van der Waals surface area (Å²) >= 11 is 0. The van der Waals surface area contributed by atoms with Gasteiger partial charge in [0.2, 0.25) is 0 Å². The number of amides is 2. The zero-order chi connectivity index (χ0) is 14.3. The van der Waals surface area contributed by atoms with Crippen LogP contribution in [0.4, 0.5) is 10.5 Å². The van der Waals surface area contributed by atoms with Gasteiger partial charge in [-0.25, -0.2) is 4.79 Å². The van der Waals surface area contributed by atoms with Crippen LogP contribution in [0.1, 0.15) is 25.0 Å². The van der Waals surface area contributed by atoms with Crippen LogP contribution in [0.5, 0.6) is 0 Å². The minimum absolute atomic E-state index is 0.0251. The van der Waals surface area contributed by atoms with Crippen molar-refractivity contribution < 1.29 is 15.0 Å². The smallest absolute Gasteiger partial charge is 0.319 e. The summed E-state index contributed by atoms with van der Waals surface area (Å²) in [6.07, 6.45) is 0.806. The molecule has 0 fully saturated rings. The van der Waals surface area contributed by atoms with Gasteiger partial charge in [-0.2, -0.15) is 0 Å². The topological polar surface area (TPSA) is 81.6 Å². The number of carbonyl (C=O) groups is 1. The van der Waals surface area contributed by atoms with Gasteiger partial charge in [-0.1, -0.05) is 26.0 Å². The largest absolute Gasteiger partial charge is 0.394 e. The number of carbonyl (C=O) groups excluding carboxylic acids is 1. The van der Waals surface area contributed by atoms with E-state index < -0.39 is 6.10 Å². The quantitative estimate of drug-likeness (QED) is 0.626. The van der Waals surface area contributed by atoms with E-state index in [-0.39, 0.29) is 19.2 Å². The van der Waals surface area contributed by atoms with E-state index in [2.05, 4.69) is 23.6 Å². The summed E-state index contributed by atoms with van der Waals surface area (Å²) < 4.78 is 0. The molecule has 106 valence electrons. The molecule has 0 radical (unpaired) electrons. The van der Waals surface area contributed by atoms with E-state index in [1.807, 2.05) is 19.1 Å². The van der Waals surface area contributed by atoms with E-state index >= 15 is 0 Å². The minimum atomic E-state index is -0.932. The van der Waals surface area contributed by atoms with Gasteiger partial charge in [0.05, 0.1) is 12.7 Å². The Morgan fingerprint density at radius 2 is 2.05 bits per heavy atom. The van der Waals surface area contributed by atoms with E-state index in [1.165, 1.54) is 0 Å². The molecule has 0 saturated heterocycles. The zero-order valence-corrected chi connectivity index (χ0v) is 11.4. The maximum Gasteiger partial charge on any atom is 0.319 e. The molecule has 1 aromatic carbocycles. The highest BCUT2D eigenvalue weighted by Gasteiger charge is 2.08. The average Bonchev–Trinajstić information content (AvgIpc) is 2.44. The Bertz CT molecular complexity index is 421. The van der Waals surface area contributed by atoms with Crippen molar-refractivity contribution in [1.29, 1.82) is 0 Å². The van der Waals surface area contributed by atoms with Crippen LogP contribution in [0.25, 0.3) is 0 Å². The predicted molar refractivity (Wildman–Crippen MR) is 75.3 cm³/mol. The van der Waals surface area contributed by atoms with Crippen LogP contribution in [-0.4, -0.2) is 35.5 Å². The molecule has 1 rings (SSSR count). The molecular weight excluding hydrogens is 244 g/mol. The summed E-state index contributed by atoms with van der Waals surface area (Å²) in [7, 11) is 0. The van der Waals surface area contributed by atoms with Crippen molar-refractivity contribution in [2.45, 2.75) is 32.8 Å². The van der Waals surface area contributed by atoms with Gasteiger partial charge in [-0.05, 0) is 30.0 Å². The molecule has 0 aliphatic heterocycles. The molecule has 1 atom stereocenters. The molecule has 4 N–H and O–H groups in total. The first-order valence-electron chi connectivity index (χ1n) is 6.56. The van der Waals surface area contributed by atoms with Crippen LogP contribution in [0, 0.1) is 0 Å². The lowest BCUT2D eigenvalue weighted by Crippen LogP contribution is -2.36. The van der Waals surface area contributed by atoms with Crippen molar-refractivity contribution in [3.63, 3.8) is 0 Å². The van der Waals surface area contributed by atoms with E-state index in [0.717, 1.165) is 29.7 Å². The zero-order valence-electron chi connectivity index (χ0n) is 11.4. The number of urea groups is 1. The van der Waals surface area contributed by atoms with Gasteiger partial charge >= 0.3 is 6.03 Å². The first-order chi connectivity index (χ1) is 9.10. The number of aliphatic hydroxyl groups is 2. The molecule has 1 aromatic rings. The third-order valence-electron chi connectivity index (χ3n) is 2.92. The molecular formula is C14H22N2O3. The summed E-state index contributed by atoms with van der Waals surface area (Å²) in [5.74, 6) is 0. The molecule has 0 aromatic heterocycles. The van der Waals surface area contributed by atoms with Gasteiger partial charge in [0.15, 0.2) is 0 Å². The minimum Gasteiger partial charge on any atom is -0.394 e. The molecule has 2 amide bonds. The van der Waals surface area contributed by atoms with Crippen LogP contribution in [0.3, 0.4) is 0 Å². The average molecular weight is 266 g/mol. The second kappa shape index (κ2) is 7.76. The molecule has 0 saturated carbocycles. The summed E-state index contributed by atoms with van der Waals surface area (Å²) in [5.41, 5.74) is 3.01. The normalized spacial score (nSPS) is 12.0. The number of hydrogen-bond acceptors (Lipinski definition) is 3. The summed E-state index contributed by atoms with van der Waals surface area (Å²) in [5, 5.41) is 23.1. The Kier molecular flexibility index (Phi) is 6.32. The first-order valence-corrected chi connectivity index (χ1v) is 6.56. The van der Waals surface area contributed by atoms with Gasteiger partial charge in [-0.15, -0.1) is 0 Å². The van der Waals surface area contributed by atoms with Crippen LogP contribution in [-0.2, 0) is 12.8 Å². The molecule has 5 nitrogen and oxygen atoms in total. The van der Waals surface area contributed by atoms with Gasteiger partial charge in [-0.3, -0.25) is 0 Å². The Morgan fingerprint density at radius 3 is 2.63 bits per heavy atom. The Balaban J connectivity index is 2.66. The highest BCUT2D eigenvalue weighted by molar-refractivity contribution is 5.90. The van der Waals surface area contributed by atoms with Crippen molar-refractivity contribution in [1.82, 2.24) is 5.32 Å². The lowest BCUT2D eigenvalue weighted by atomic mass is 10.1. The Morgan fingerprint density at radius 1 is 1.32 bits per heavy atom. The van der Waals surface area contributed by atoms with E-state index in [4.69, 9.17) is 10.2 Å². The van der Waals surface area contributed by atoms with Crippen molar-refractivity contribution in [3.8, 4) is 0 Å². The van der Waals surface area contributed by atoms with Crippen LogP contribution >= 0.6 is 0 Å².